The highest BCUT2D eigenvalue weighted by atomic mass is 79.9. The van der Waals surface area contributed by atoms with E-state index in [1.807, 2.05) is 57.2 Å². The molecular formula is C30H37BrN2O7. The summed E-state index contributed by atoms with van der Waals surface area (Å²) in [7, 11) is 0. The number of morpholine rings is 1. The smallest absolute Gasteiger partial charge is 0.306 e. The average molecular weight is 618 g/mol. The van der Waals surface area contributed by atoms with Gasteiger partial charge in [0.05, 0.1) is 19.8 Å². The highest BCUT2D eigenvalue weighted by Gasteiger charge is 2.55. The lowest BCUT2D eigenvalue weighted by molar-refractivity contribution is -0.156. The number of amides is 1. The molecule has 0 radical (unpaired) electrons. The second-order valence-electron chi connectivity index (χ2n) is 10.8. The number of benzene rings is 2. The van der Waals surface area contributed by atoms with E-state index < -0.39 is 23.2 Å². The zero-order chi connectivity index (χ0) is 28.8. The first-order chi connectivity index (χ1) is 19.1. The van der Waals surface area contributed by atoms with Gasteiger partial charge in [-0.25, -0.2) is 4.99 Å². The highest BCUT2D eigenvalue weighted by Crippen LogP contribution is 2.44. The number of aliphatic hydroxyl groups excluding tert-OH is 1. The lowest BCUT2D eigenvalue weighted by atomic mass is 9.82. The lowest BCUT2D eigenvalue weighted by Crippen LogP contribution is -2.53. The van der Waals surface area contributed by atoms with Crippen molar-refractivity contribution in [3.8, 4) is 5.75 Å². The van der Waals surface area contributed by atoms with Gasteiger partial charge in [-0.15, -0.1) is 0 Å². The van der Waals surface area contributed by atoms with Crippen LogP contribution in [0.3, 0.4) is 0 Å². The van der Waals surface area contributed by atoms with E-state index in [-0.39, 0.29) is 25.4 Å². The van der Waals surface area contributed by atoms with Gasteiger partial charge in [0, 0.05) is 42.6 Å². The van der Waals surface area contributed by atoms with Crippen LogP contribution in [0.15, 0.2) is 58.0 Å². The number of hydrogen-bond acceptors (Lipinski definition) is 8. The third-order valence-corrected chi connectivity index (χ3v) is 7.14. The van der Waals surface area contributed by atoms with E-state index in [1.54, 1.807) is 17.0 Å². The molecule has 4 rings (SSSR count). The molecule has 216 valence electrons. The fraction of sp³-hybridized carbons (Fsp3) is 0.500. The predicted octanol–water partition coefficient (Wildman–Crippen LogP) is 4.45. The van der Waals surface area contributed by atoms with E-state index in [1.165, 1.54) is 0 Å². The average Bonchev–Trinajstić information content (AvgIpc) is 3.33. The molecule has 2 aromatic carbocycles. The SMILES string of the molecule is CC(C)(C)OC(=O)CC[C@@]1(C(=O)N2CCOCC2)N=C(c2ccc(OCCCO)cc2)O[C@@H]1c1ccc(Br)cc1. The quantitative estimate of drug-likeness (QED) is 0.310. The van der Waals surface area contributed by atoms with Gasteiger partial charge in [0.2, 0.25) is 5.90 Å². The highest BCUT2D eigenvalue weighted by molar-refractivity contribution is 9.10. The molecule has 0 spiro atoms. The maximum atomic E-state index is 14.3. The third kappa shape index (κ3) is 7.41. The van der Waals surface area contributed by atoms with E-state index >= 15 is 0 Å². The first kappa shape index (κ1) is 30.0. The number of ether oxygens (including phenoxy) is 4. The summed E-state index contributed by atoms with van der Waals surface area (Å²) in [5.74, 6) is 0.372. The van der Waals surface area contributed by atoms with Crippen molar-refractivity contribution in [3.63, 3.8) is 0 Å². The summed E-state index contributed by atoms with van der Waals surface area (Å²) < 4.78 is 24.1. The van der Waals surface area contributed by atoms with Crippen molar-refractivity contribution in [2.75, 3.05) is 39.5 Å². The zero-order valence-corrected chi connectivity index (χ0v) is 24.8. The molecule has 2 aliphatic rings. The number of rotatable bonds is 10. The summed E-state index contributed by atoms with van der Waals surface area (Å²) in [5.41, 5.74) is -0.568. The van der Waals surface area contributed by atoms with Crippen LogP contribution >= 0.6 is 15.9 Å². The minimum absolute atomic E-state index is 0.00183. The van der Waals surface area contributed by atoms with E-state index in [0.29, 0.717) is 56.5 Å². The number of nitrogens with zero attached hydrogens (tertiary/aromatic N) is 2. The van der Waals surface area contributed by atoms with Crippen molar-refractivity contribution in [1.29, 1.82) is 0 Å². The Kier molecular flexibility index (Phi) is 9.86. The van der Waals surface area contributed by atoms with Crippen LogP contribution in [0.2, 0.25) is 0 Å². The number of hydrogen-bond donors (Lipinski definition) is 1. The summed E-state index contributed by atoms with van der Waals surface area (Å²) in [6.45, 7) is 7.65. The van der Waals surface area contributed by atoms with Gasteiger partial charge >= 0.3 is 5.97 Å². The van der Waals surface area contributed by atoms with Gasteiger partial charge in [-0.1, -0.05) is 28.1 Å². The normalized spacial score (nSPS) is 21.0. The van der Waals surface area contributed by atoms with Crippen molar-refractivity contribution in [2.45, 2.75) is 57.3 Å². The van der Waals surface area contributed by atoms with Crippen molar-refractivity contribution in [1.82, 2.24) is 4.90 Å². The second-order valence-corrected chi connectivity index (χ2v) is 11.7. The summed E-state index contributed by atoms with van der Waals surface area (Å²) in [6.07, 6.45) is -0.104. The van der Waals surface area contributed by atoms with Crippen LogP contribution < -0.4 is 4.74 Å². The Hall–Kier alpha value is -2.95. The minimum Gasteiger partial charge on any atom is -0.494 e. The summed E-state index contributed by atoms with van der Waals surface area (Å²) in [4.78, 5) is 33.9. The molecule has 2 heterocycles. The van der Waals surface area contributed by atoms with Gasteiger partial charge in [0.15, 0.2) is 11.6 Å². The lowest BCUT2D eigenvalue weighted by Gasteiger charge is -2.37. The largest absolute Gasteiger partial charge is 0.494 e. The molecule has 0 bridgehead atoms. The molecule has 1 saturated heterocycles. The Morgan fingerprint density at radius 2 is 1.77 bits per heavy atom. The zero-order valence-electron chi connectivity index (χ0n) is 23.2. The molecule has 0 aromatic heterocycles. The van der Waals surface area contributed by atoms with E-state index in [4.69, 9.17) is 29.0 Å². The Balaban J connectivity index is 1.72. The molecule has 10 heteroatoms. The second kappa shape index (κ2) is 13.1. The summed E-state index contributed by atoms with van der Waals surface area (Å²) in [5, 5.41) is 9.01. The first-order valence-electron chi connectivity index (χ1n) is 13.6. The molecule has 0 unspecified atom stereocenters. The summed E-state index contributed by atoms with van der Waals surface area (Å²) in [6, 6.07) is 14.9. The molecule has 2 atom stereocenters. The van der Waals surface area contributed by atoms with Crippen molar-refractivity contribution < 1.29 is 33.6 Å². The number of carbonyl (C=O) groups is 2. The number of halogens is 1. The molecular weight excluding hydrogens is 580 g/mol. The van der Waals surface area contributed by atoms with Gasteiger partial charge < -0.3 is 29.0 Å². The van der Waals surface area contributed by atoms with Gasteiger partial charge in [-0.2, -0.15) is 0 Å². The first-order valence-corrected chi connectivity index (χ1v) is 14.4. The Morgan fingerprint density at radius 1 is 1.10 bits per heavy atom. The van der Waals surface area contributed by atoms with Crippen molar-refractivity contribution in [3.05, 3.63) is 64.1 Å². The summed E-state index contributed by atoms with van der Waals surface area (Å²) >= 11 is 3.48. The molecule has 1 fully saturated rings. The van der Waals surface area contributed by atoms with Gasteiger partial charge in [0.25, 0.3) is 5.91 Å². The number of aliphatic imine (C=N–C) groups is 1. The van der Waals surface area contributed by atoms with Crippen LogP contribution in [0.4, 0.5) is 0 Å². The number of aliphatic hydroxyl groups is 1. The Bertz CT molecular complexity index is 1190. The number of esters is 1. The van der Waals surface area contributed by atoms with E-state index in [0.717, 1.165) is 10.0 Å². The van der Waals surface area contributed by atoms with Crippen molar-refractivity contribution in [2.24, 2.45) is 4.99 Å². The van der Waals surface area contributed by atoms with E-state index in [9.17, 15) is 9.59 Å². The van der Waals surface area contributed by atoms with Crippen molar-refractivity contribution >= 4 is 33.7 Å². The Morgan fingerprint density at radius 3 is 2.40 bits per heavy atom. The van der Waals surface area contributed by atoms with Gasteiger partial charge in [0.1, 0.15) is 11.4 Å². The van der Waals surface area contributed by atoms with Crippen LogP contribution in [0.5, 0.6) is 5.75 Å². The molecule has 0 aliphatic carbocycles. The molecule has 9 nitrogen and oxygen atoms in total. The van der Waals surface area contributed by atoms with E-state index in [2.05, 4.69) is 15.9 Å². The minimum atomic E-state index is -1.38. The Labute approximate surface area is 243 Å². The molecule has 2 aromatic rings. The monoisotopic (exact) mass is 616 g/mol. The molecule has 1 amide bonds. The maximum Gasteiger partial charge on any atom is 0.306 e. The van der Waals surface area contributed by atoms with Gasteiger partial charge in [-0.3, -0.25) is 9.59 Å². The maximum absolute atomic E-state index is 14.3. The number of carbonyl (C=O) groups excluding carboxylic acids is 2. The topological polar surface area (TPSA) is 107 Å². The van der Waals surface area contributed by atoms with Crippen LogP contribution in [0, 0.1) is 0 Å². The van der Waals surface area contributed by atoms with Crippen LogP contribution in [-0.2, 0) is 23.8 Å². The van der Waals surface area contributed by atoms with Crippen LogP contribution in [-0.4, -0.2) is 78.4 Å². The van der Waals surface area contributed by atoms with Gasteiger partial charge in [-0.05, 0) is 69.2 Å². The van der Waals surface area contributed by atoms with Crippen LogP contribution in [0.1, 0.15) is 57.3 Å². The molecule has 1 N–H and O–H groups in total. The fourth-order valence-corrected chi connectivity index (χ4v) is 4.98. The predicted molar refractivity (Wildman–Crippen MR) is 153 cm³/mol. The fourth-order valence-electron chi connectivity index (χ4n) is 4.72. The van der Waals surface area contributed by atoms with Crippen LogP contribution in [0.25, 0.3) is 0 Å². The third-order valence-electron chi connectivity index (χ3n) is 6.61. The standard InChI is InChI=1S/C30H37BrN2O7/c1-29(2,3)40-25(35)13-14-30(28(36)33-15-19-37-20-16-33)26(21-5-9-23(31)10-6-21)39-27(32-30)22-7-11-24(12-8-22)38-18-4-17-34/h5-12,26,34H,4,13-20H2,1-3H3/t26-,30-/m1/s1. The molecule has 40 heavy (non-hydrogen) atoms. The molecule has 2 aliphatic heterocycles. The molecule has 0 saturated carbocycles.